The number of carbonyl (C=O) groups is 1. The van der Waals surface area contributed by atoms with Gasteiger partial charge in [-0.2, -0.15) is 0 Å². The zero-order chi connectivity index (χ0) is 41.9. The van der Waals surface area contributed by atoms with Gasteiger partial charge in [0.25, 0.3) is 0 Å². The number of unbranched alkanes of at least 4 members (excludes halogenated alkanes) is 2. The fourth-order valence-electron chi connectivity index (χ4n) is 9.64. The average molecular weight is 815 g/mol. The largest absolute Gasteiger partial charge is 0.508 e. The summed E-state index contributed by atoms with van der Waals surface area (Å²) >= 11 is 0. The van der Waals surface area contributed by atoms with E-state index in [9.17, 15) is 20.1 Å². The van der Waals surface area contributed by atoms with E-state index in [1.165, 1.54) is 0 Å². The molecule has 4 aromatic carbocycles. The number of hydrogen-bond donors (Lipinski definition) is 3. The van der Waals surface area contributed by atoms with Crippen LogP contribution < -0.4 is 4.74 Å². The maximum atomic E-state index is 14.8. The highest BCUT2D eigenvalue weighted by Gasteiger charge is 2.65. The average Bonchev–Trinajstić information content (AvgIpc) is 3.27. The number of allylic oxidation sites excluding steroid dienone is 1. The highest BCUT2D eigenvalue weighted by Crippen LogP contribution is 2.62. The Kier molecular flexibility index (Phi) is 14.4. The minimum absolute atomic E-state index is 0.0245. The summed E-state index contributed by atoms with van der Waals surface area (Å²) in [5.41, 5.74) is 4.34. The third-order valence-corrected chi connectivity index (χ3v) is 12.3. The maximum Gasteiger partial charge on any atom is 0.410 e. The van der Waals surface area contributed by atoms with Crippen LogP contribution in [-0.2, 0) is 27.5 Å². The molecule has 60 heavy (non-hydrogen) atoms. The summed E-state index contributed by atoms with van der Waals surface area (Å²) in [7, 11) is 0. The molecule has 0 radical (unpaired) electrons. The Morgan fingerprint density at radius 3 is 2.47 bits per heavy atom. The second-order valence-corrected chi connectivity index (χ2v) is 16.0. The maximum absolute atomic E-state index is 14.8. The predicted molar refractivity (Wildman–Crippen MR) is 234 cm³/mol. The second-order valence-electron chi connectivity index (χ2n) is 16.0. The Labute approximate surface area is 353 Å². The number of aliphatic hydroxyl groups is 2. The van der Waals surface area contributed by atoms with Gasteiger partial charge in [-0.25, -0.2) is 4.79 Å². The molecule has 1 heterocycles. The van der Waals surface area contributed by atoms with Crippen molar-refractivity contribution in [1.29, 1.82) is 0 Å². The smallest absolute Gasteiger partial charge is 0.410 e. The van der Waals surface area contributed by atoms with Gasteiger partial charge in [0.15, 0.2) is 0 Å². The molecule has 3 aliphatic rings. The lowest BCUT2D eigenvalue weighted by Crippen LogP contribution is -2.70. The third kappa shape index (κ3) is 9.16. The Balaban J connectivity index is 1.45. The Morgan fingerprint density at radius 1 is 0.917 bits per heavy atom. The van der Waals surface area contributed by atoms with E-state index in [4.69, 9.17) is 24.2 Å². The van der Waals surface area contributed by atoms with Crippen LogP contribution >= 0.6 is 0 Å². The fraction of sp³-hybridized carbons (Fsp3) is 0.400. The number of phenolic OH excluding ortho intramolecular Hbond substituents is 1. The number of carbonyl (C=O) groups excluding carboxylic acids is 1. The highest BCUT2D eigenvalue weighted by atomic mass is 16.7. The van der Waals surface area contributed by atoms with Gasteiger partial charge >= 0.3 is 6.09 Å². The molecule has 0 saturated heterocycles. The third-order valence-electron chi connectivity index (χ3n) is 12.3. The summed E-state index contributed by atoms with van der Waals surface area (Å²) < 4.78 is 20.4. The first-order chi connectivity index (χ1) is 29.4. The van der Waals surface area contributed by atoms with E-state index in [1.807, 2.05) is 54.6 Å². The zero-order valence-electron chi connectivity index (χ0n) is 34.4. The van der Waals surface area contributed by atoms with E-state index in [0.29, 0.717) is 30.7 Å². The normalized spacial score (nSPS) is 23.5. The molecule has 316 valence electrons. The molecule has 10 nitrogen and oxygen atoms in total. The number of aromatic hydroxyl groups is 1. The molecule has 1 amide bonds. The summed E-state index contributed by atoms with van der Waals surface area (Å²) in [5, 5.41) is 37.8. The van der Waals surface area contributed by atoms with Crippen LogP contribution in [0.4, 0.5) is 4.79 Å². The standard InChI is InChI=1S/C50H58N2O8/c1-3-5-29-57-49(56)52(33-38-21-15-20-36-18-9-10-22-40(36)38)46-32-44(51-59-34-35-16-7-6-8-17-35)42-30-37(19-11-13-26-53)41(23-12-14-27-54)47-43-31-39(55)24-25-45(43)60-50(46,48(42)47)58-28-4-2/h3-4,6-10,15-18,20-22,24-25,30-31,37,41,46-48,53-55H,1-2,5,11-14,19,23,26-29,32-34H2/t37-,41+,46-,47+,48+,50+/m0/s1. The lowest BCUT2D eigenvalue weighted by Gasteiger charge is -2.59. The topological polar surface area (TPSA) is 130 Å². The first-order valence-electron chi connectivity index (χ1n) is 21.4. The molecular weight excluding hydrogens is 757 g/mol. The quantitative estimate of drug-likeness (QED) is 0.0457. The SMILES string of the molecule is C=CCCOC(=O)N(Cc1cccc2ccccc12)[C@H]1CC(=NOCc2ccccc2)C2=C[C@H](CCCCO)[C@@H](CCCCO)[C@@H]3c4cc(O)ccc4O[C@@]1(OCC=C)[C@H]23. The van der Waals surface area contributed by atoms with Gasteiger partial charge in [0, 0.05) is 31.1 Å². The number of benzene rings is 4. The minimum atomic E-state index is -1.47. The molecule has 4 aromatic rings. The lowest BCUT2D eigenvalue weighted by molar-refractivity contribution is -0.256. The summed E-state index contributed by atoms with van der Waals surface area (Å²) in [6.45, 7) is 8.76. The molecule has 0 bridgehead atoms. The van der Waals surface area contributed by atoms with Crippen LogP contribution in [0.25, 0.3) is 10.8 Å². The molecular formula is C50H58N2O8. The van der Waals surface area contributed by atoms with Crippen molar-refractivity contribution in [1.82, 2.24) is 4.90 Å². The number of phenols is 1. The molecule has 6 atom stereocenters. The van der Waals surface area contributed by atoms with Gasteiger partial charge in [-0.05, 0) is 89.6 Å². The van der Waals surface area contributed by atoms with Crippen LogP contribution in [0, 0.1) is 17.8 Å². The van der Waals surface area contributed by atoms with E-state index in [2.05, 4.69) is 37.4 Å². The van der Waals surface area contributed by atoms with Crippen LogP contribution in [-0.4, -0.2) is 70.3 Å². The number of amides is 1. The van der Waals surface area contributed by atoms with Crippen LogP contribution in [0.3, 0.4) is 0 Å². The van der Waals surface area contributed by atoms with Crippen molar-refractivity contribution in [3.05, 3.63) is 145 Å². The van der Waals surface area contributed by atoms with E-state index in [1.54, 1.807) is 35.3 Å². The van der Waals surface area contributed by atoms with Crippen molar-refractivity contribution in [3.8, 4) is 11.5 Å². The van der Waals surface area contributed by atoms with E-state index in [-0.39, 0.29) is 69.5 Å². The Hall–Kier alpha value is -5.42. The lowest BCUT2D eigenvalue weighted by atomic mass is 9.55. The minimum Gasteiger partial charge on any atom is -0.508 e. The molecule has 7 rings (SSSR count). The molecule has 0 unspecified atom stereocenters. The highest BCUT2D eigenvalue weighted by molar-refractivity contribution is 6.03. The van der Waals surface area contributed by atoms with Crippen LogP contribution in [0.15, 0.2) is 133 Å². The zero-order valence-corrected chi connectivity index (χ0v) is 34.4. The summed E-state index contributed by atoms with van der Waals surface area (Å²) in [4.78, 5) is 22.8. The van der Waals surface area contributed by atoms with Gasteiger partial charge in [0.05, 0.1) is 31.4 Å². The van der Waals surface area contributed by atoms with Gasteiger partial charge in [0.2, 0.25) is 5.79 Å². The number of fused-ring (bicyclic) bond motifs is 3. The number of rotatable bonds is 20. The van der Waals surface area contributed by atoms with Crippen LogP contribution in [0.1, 0.15) is 74.0 Å². The van der Waals surface area contributed by atoms with Gasteiger partial charge in [-0.1, -0.05) is 109 Å². The molecule has 1 saturated carbocycles. The first-order valence-corrected chi connectivity index (χ1v) is 21.4. The van der Waals surface area contributed by atoms with Crippen molar-refractivity contribution in [3.63, 3.8) is 0 Å². The van der Waals surface area contributed by atoms with Crippen molar-refractivity contribution >= 4 is 22.6 Å². The summed E-state index contributed by atoms with van der Waals surface area (Å²) in [6.07, 6.45) is 10.4. The fourth-order valence-corrected chi connectivity index (χ4v) is 9.64. The Bertz CT molecular complexity index is 2150. The van der Waals surface area contributed by atoms with Crippen molar-refractivity contribution < 1.29 is 39.2 Å². The predicted octanol–water partition coefficient (Wildman–Crippen LogP) is 9.59. The van der Waals surface area contributed by atoms with E-state index >= 15 is 0 Å². The molecule has 1 fully saturated rings. The van der Waals surface area contributed by atoms with Crippen LogP contribution in [0.2, 0.25) is 0 Å². The number of oxime groups is 1. The van der Waals surface area contributed by atoms with Crippen molar-refractivity contribution in [2.45, 2.75) is 82.3 Å². The van der Waals surface area contributed by atoms with Gasteiger partial charge in [-0.3, -0.25) is 4.90 Å². The second kappa shape index (κ2) is 20.2. The summed E-state index contributed by atoms with van der Waals surface area (Å²) in [5.74, 6) is -1.48. The van der Waals surface area contributed by atoms with Gasteiger partial charge in [-0.15, -0.1) is 13.2 Å². The summed E-state index contributed by atoms with van der Waals surface area (Å²) in [6, 6.07) is 28.5. The number of nitrogens with zero attached hydrogens (tertiary/aromatic N) is 2. The monoisotopic (exact) mass is 814 g/mol. The first kappa shape index (κ1) is 42.7. The molecule has 3 N–H and O–H groups in total. The van der Waals surface area contributed by atoms with E-state index < -0.39 is 23.8 Å². The number of aliphatic hydroxyl groups excluding tert-OH is 2. The van der Waals surface area contributed by atoms with Gasteiger partial charge in [0.1, 0.15) is 24.1 Å². The molecule has 10 heteroatoms. The van der Waals surface area contributed by atoms with Gasteiger partial charge < -0.3 is 34.4 Å². The molecule has 1 aliphatic heterocycles. The molecule has 0 spiro atoms. The van der Waals surface area contributed by atoms with E-state index in [0.717, 1.165) is 58.7 Å². The van der Waals surface area contributed by atoms with Crippen molar-refractivity contribution in [2.24, 2.45) is 22.9 Å². The van der Waals surface area contributed by atoms with Crippen molar-refractivity contribution in [2.75, 3.05) is 26.4 Å². The number of ether oxygens (including phenoxy) is 3. The van der Waals surface area contributed by atoms with Crippen LogP contribution in [0.5, 0.6) is 11.5 Å². The molecule has 0 aromatic heterocycles. The Morgan fingerprint density at radius 2 is 1.68 bits per heavy atom. The number of hydrogen-bond acceptors (Lipinski definition) is 9. The molecule has 2 aliphatic carbocycles.